The van der Waals surface area contributed by atoms with E-state index in [1.54, 1.807) is 6.07 Å². The number of carbonyl (C=O) groups excluding carboxylic acids is 1. The van der Waals surface area contributed by atoms with Crippen LogP contribution in [0.4, 0.5) is 10.1 Å². The fourth-order valence-corrected chi connectivity index (χ4v) is 4.62. The first-order valence-electron chi connectivity index (χ1n) is 9.92. The van der Waals surface area contributed by atoms with Gasteiger partial charge in [0.2, 0.25) is 5.91 Å². The Hall–Kier alpha value is -3.17. The van der Waals surface area contributed by atoms with Gasteiger partial charge in [-0.1, -0.05) is 66.2 Å². The van der Waals surface area contributed by atoms with Gasteiger partial charge in [0, 0.05) is 23.0 Å². The normalized spacial score (nSPS) is 16.0. The lowest BCUT2D eigenvalue weighted by Gasteiger charge is -2.35. The predicted octanol–water partition coefficient (Wildman–Crippen LogP) is 6.70. The highest BCUT2D eigenvalue weighted by Gasteiger charge is 2.33. The van der Waals surface area contributed by atoms with Gasteiger partial charge in [-0.2, -0.15) is 0 Å². The fourth-order valence-electron chi connectivity index (χ4n) is 4.41. The molecule has 5 rings (SSSR count). The van der Waals surface area contributed by atoms with Crippen molar-refractivity contribution in [3.63, 3.8) is 0 Å². The molecule has 1 atom stereocenters. The van der Waals surface area contributed by atoms with Crippen molar-refractivity contribution >= 4 is 34.0 Å². The highest BCUT2D eigenvalue weighted by molar-refractivity contribution is 6.30. The minimum Gasteiger partial charge on any atom is -0.308 e. The molecule has 4 aromatic rings. The van der Waals surface area contributed by atoms with Gasteiger partial charge < -0.3 is 4.90 Å². The topological polar surface area (TPSA) is 20.3 Å². The number of amides is 1. The lowest BCUT2D eigenvalue weighted by molar-refractivity contribution is -0.119. The Bertz CT molecular complexity index is 1270. The Labute approximate surface area is 179 Å². The van der Waals surface area contributed by atoms with Crippen LogP contribution in [-0.2, 0) is 11.3 Å². The number of anilines is 1. The molecule has 0 fully saturated rings. The van der Waals surface area contributed by atoms with Crippen LogP contribution in [0.15, 0.2) is 84.9 Å². The maximum atomic E-state index is 14.0. The summed E-state index contributed by atoms with van der Waals surface area (Å²) >= 11 is 6.16. The third-order valence-electron chi connectivity index (χ3n) is 5.75. The summed E-state index contributed by atoms with van der Waals surface area (Å²) in [5.74, 6) is -0.458. The molecule has 1 aliphatic rings. The molecule has 1 unspecified atom stereocenters. The maximum absolute atomic E-state index is 14.0. The average molecular weight is 416 g/mol. The number of halogens is 2. The lowest BCUT2D eigenvalue weighted by Crippen LogP contribution is -2.36. The second kappa shape index (κ2) is 7.58. The van der Waals surface area contributed by atoms with Crippen LogP contribution < -0.4 is 4.90 Å². The Kier molecular flexibility index (Phi) is 4.76. The van der Waals surface area contributed by atoms with E-state index in [1.807, 2.05) is 59.5 Å². The quantitative estimate of drug-likeness (QED) is 0.364. The molecule has 1 amide bonds. The van der Waals surface area contributed by atoms with E-state index >= 15 is 0 Å². The van der Waals surface area contributed by atoms with E-state index in [1.165, 1.54) is 12.1 Å². The standard InChI is InChI=1S/C26H19ClFNO/c27-20-8-3-5-17(13-20)16-29-24-12-11-18-6-1-2-10-22(18)26(24)23(15-25(29)30)19-7-4-9-21(28)14-19/h1-14,23H,15-16H2. The average Bonchev–Trinajstić information content (AvgIpc) is 2.75. The summed E-state index contributed by atoms with van der Waals surface area (Å²) in [4.78, 5) is 15.1. The van der Waals surface area contributed by atoms with E-state index < -0.39 is 0 Å². The molecule has 4 aromatic carbocycles. The van der Waals surface area contributed by atoms with Crippen molar-refractivity contribution < 1.29 is 9.18 Å². The van der Waals surface area contributed by atoms with Crippen LogP contribution in [0.2, 0.25) is 5.02 Å². The minimum atomic E-state index is -0.289. The first-order valence-corrected chi connectivity index (χ1v) is 10.3. The summed E-state index contributed by atoms with van der Waals surface area (Å²) in [6.07, 6.45) is 0.297. The van der Waals surface area contributed by atoms with Gasteiger partial charge in [0.05, 0.1) is 6.54 Å². The van der Waals surface area contributed by atoms with Crippen LogP contribution in [0.3, 0.4) is 0 Å². The summed E-state index contributed by atoms with van der Waals surface area (Å²) < 4.78 is 14.0. The van der Waals surface area contributed by atoms with E-state index in [9.17, 15) is 9.18 Å². The van der Waals surface area contributed by atoms with Gasteiger partial charge in [0.25, 0.3) is 0 Å². The molecule has 0 radical (unpaired) electrons. The van der Waals surface area contributed by atoms with E-state index in [2.05, 4.69) is 12.1 Å². The second-order valence-corrected chi connectivity index (χ2v) is 8.08. The molecule has 148 valence electrons. The van der Waals surface area contributed by atoms with E-state index in [4.69, 9.17) is 11.6 Å². The van der Waals surface area contributed by atoms with Crippen LogP contribution in [0.1, 0.15) is 29.0 Å². The fraction of sp³-hybridized carbons (Fsp3) is 0.115. The van der Waals surface area contributed by atoms with Gasteiger partial charge in [-0.3, -0.25) is 4.79 Å². The van der Waals surface area contributed by atoms with Crippen LogP contribution in [0.5, 0.6) is 0 Å². The molecule has 2 nitrogen and oxygen atoms in total. The first-order chi connectivity index (χ1) is 14.6. The number of hydrogen-bond donors (Lipinski definition) is 0. The number of fused-ring (bicyclic) bond motifs is 3. The van der Waals surface area contributed by atoms with Crippen molar-refractivity contribution in [3.8, 4) is 0 Å². The molecule has 4 heteroatoms. The Balaban J connectivity index is 1.69. The molecule has 1 aliphatic heterocycles. The van der Waals surface area contributed by atoms with E-state index in [-0.39, 0.29) is 17.6 Å². The highest BCUT2D eigenvalue weighted by Crippen LogP contribution is 2.44. The van der Waals surface area contributed by atoms with Crippen LogP contribution in [-0.4, -0.2) is 5.91 Å². The number of hydrogen-bond acceptors (Lipinski definition) is 1. The molecule has 0 saturated heterocycles. The molecular weight excluding hydrogens is 397 g/mol. The number of carbonyl (C=O) groups is 1. The van der Waals surface area contributed by atoms with Crippen molar-refractivity contribution in [1.29, 1.82) is 0 Å². The lowest BCUT2D eigenvalue weighted by atomic mass is 9.81. The first kappa shape index (κ1) is 18.8. The Morgan fingerprint density at radius 1 is 0.933 bits per heavy atom. The summed E-state index contributed by atoms with van der Waals surface area (Å²) in [6, 6.07) is 26.3. The van der Waals surface area contributed by atoms with E-state index in [0.29, 0.717) is 18.0 Å². The molecule has 0 saturated carbocycles. The van der Waals surface area contributed by atoms with Crippen LogP contribution in [0, 0.1) is 5.82 Å². The third kappa shape index (κ3) is 3.35. The number of rotatable bonds is 3. The number of benzene rings is 4. The monoisotopic (exact) mass is 415 g/mol. The molecule has 0 N–H and O–H groups in total. The zero-order valence-corrected chi connectivity index (χ0v) is 16.9. The van der Waals surface area contributed by atoms with E-state index in [0.717, 1.165) is 33.2 Å². The zero-order chi connectivity index (χ0) is 20.7. The van der Waals surface area contributed by atoms with Crippen molar-refractivity contribution in [1.82, 2.24) is 0 Å². The third-order valence-corrected chi connectivity index (χ3v) is 5.98. The van der Waals surface area contributed by atoms with Crippen molar-refractivity contribution in [2.45, 2.75) is 18.9 Å². The number of nitrogens with zero attached hydrogens (tertiary/aromatic N) is 1. The summed E-state index contributed by atoms with van der Waals surface area (Å²) in [7, 11) is 0. The molecule has 30 heavy (non-hydrogen) atoms. The minimum absolute atomic E-state index is 0.0204. The maximum Gasteiger partial charge on any atom is 0.228 e. The smallest absolute Gasteiger partial charge is 0.228 e. The molecule has 0 bridgehead atoms. The van der Waals surface area contributed by atoms with Gasteiger partial charge >= 0.3 is 0 Å². The van der Waals surface area contributed by atoms with Crippen molar-refractivity contribution in [3.05, 3.63) is 112 Å². The SMILES string of the molecule is O=C1CC(c2cccc(F)c2)c2c(ccc3ccccc23)N1Cc1cccc(Cl)c1. The summed E-state index contributed by atoms with van der Waals surface area (Å²) in [6.45, 7) is 0.445. The molecule has 0 aliphatic carbocycles. The van der Waals surface area contributed by atoms with Gasteiger partial charge in [0.15, 0.2) is 0 Å². The Morgan fingerprint density at radius 2 is 1.77 bits per heavy atom. The highest BCUT2D eigenvalue weighted by atomic mass is 35.5. The zero-order valence-electron chi connectivity index (χ0n) is 16.2. The van der Waals surface area contributed by atoms with Gasteiger partial charge in [-0.25, -0.2) is 4.39 Å². The largest absolute Gasteiger partial charge is 0.308 e. The molecule has 1 heterocycles. The molecule has 0 spiro atoms. The predicted molar refractivity (Wildman–Crippen MR) is 119 cm³/mol. The van der Waals surface area contributed by atoms with Crippen LogP contribution >= 0.6 is 11.6 Å². The second-order valence-electron chi connectivity index (χ2n) is 7.64. The molecular formula is C26H19ClFNO. The van der Waals surface area contributed by atoms with Gasteiger partial charge in [0.1, 0.15) is 5.82 Å². The Morgan fingerprint density at radius 3 is 2.60 bits per heavy atom. The summed E-state index contributed by atoms with van der Waals surface area (Å²) in [5, 5.41) is 2.84. The molecule has 0 aromatic heterocycles. The van der Waals surface area contributed by atoms with Gasteiger partial charge in [-0.05, 0) is 57.8 Å². The van der Waals surface area contributed by atoms with Crippen molar-refractivity contribution in [2.75, 3.05) is 4.90 Å². The van der Waals surface area contributed by atoms with Crippen LogP contribution in [0.25, 0.3) is 10.8 Å². The summed E-state index contributed by atoms with van der Waals surface area (Å²) in [5.41, 5.74) is 3.74. The van der Waals surface area contributed by atoms with Crippen molar-refractivity contribution in [2.24, 2.45) is 0 Å². The van der Waals surface area contributed by atoms with Gasteiger partial charge in [-0.15, -0.1) is 0 Å².